The summed E-state index contributed by atoms with van der Waals surface area (Å²) in [6, 6.07) is -0.323. The number of aliphatic hydroxyl groups is 1. The number of hydrogen-bond donors (Lipinski definition) is 2. The Kier molecular flexibility index (Phi) is 10.5. The normalized spacial score (nSPS) is 10.8. The Balaban J connectivity index is 0. The number of ketones is 1. The van der Waals surface area contributed by atoms with Crippen molar-refractivity contribution in [1.29, 1.82) is 0 Å². The molecule has 0 saturated heterocycles. The highest BCUT2D eigenvalue weighted by atomic mass is 19.4. The molecule has 128 valence electrons. The second kappa shape index (κ2) is 10.2. The molecule has 1 amide bonds. The van der Waals surface area contributed by atoms with Gasteiger partial charge in [0.05, 0.1) is 0 Å². The second-order valence-corrected chi connectivity index (χ2v) is 5.20. The predicted octanol–water partition coefficient (Wildman–Crippen LogP) is 2.78. The monoisotopic (exact) mass is 323 g/mol. The molecular formula is C15H24F3NO3. The molecule has 0 rings (SSSR count). The van der Waals surface area contributed by atoms with Crippen LogP contribution in [-0.2, 0) is 9.59 Å². The van der Waals surface area contributed by atoms with E-state index in [-0.39, 0.29) is 24.3 Å². The van der Waals surface area contributed by atoms with Crippen LogP contribution in [0.2, 0.25) is 0 Å². The number of carbonyl (C=O) groups is 2. The smallest absolute Gasteiger partial charge is 0.396 e. The van der Waals surface area contributed by atoms with Crippen molar-refractivity contribution in [3.05, 3.63) is 24.3 Å². The molecule has 0 spiro atoms. The largest absolute Gasteiger partial charge is 0.421 e. The topological polar surface area (TPSA) is 66.4 Å². The van der Waals surface area contributed by atoms with E-state index in [0.29, 0.717) is 12.0 Å². The number of alkyl halides is 3. The van der Waals surface area contributed by atoms with Gasteiger partial charge in [0.1, 0.15) is 5.57 Å². The van der Waals surface area contributed by atoms with Crippen molar-refractivity contribution in [3.63, 3.8) is 0 Å². The number of hydrogen-bond acceptors (Lipinski definition) is 3. The quantitative estimate of drug-likeness (QED) is 0.739. The number of halogens is 3. The van der Waals surface area contributed by atoms with E-state index in [9.17, 15) is 22.8 Å². The SMILES string of the molecule is C=C(C(=O)NC(C)C)C(F)(F)F.C=C(CCO)C(=O)C(C)C. The van der Waals surface area contributed by atoms with Crippen molar-refractivity contribution in [2.75, 3.05) is 6.61 Å². The molecule has 2 N–H and O–H groups in total. The summed E-state index contributed by atoms with van der Waals surface area (Å²) >= 11 is 0. The highest BCUT2D eigenvalue weighted by Crippen LogP contribution is 2.23. The zero-order valence-electron chi connectivity index (χ0n) is 13.4. The molecule has 0 radical (unpaired) electrons. The van der Waals surface area contributed by atoms with Gasteiger partial charge in [-0.2, -0.15) is 13.2 Å². The third-order valence-electron chi connectivity index (χ3n) is 2.32. The van der Waals surface area contributed by atoms with E-state index < -0.39 is 17.7 Å². The van der Waals surface area contributed by atoms with Crippen LogP contribution in [0.4, 0.5) is 13.2 Å². The fourth-order valence-electron chi connectivity index (χ4n) is 1.14. The number of nitrogens with one attached hydrogen (secondary N) is 1. The first-order valence-electron chi connectivity index (χ1n) is 6.74. The standard InChI is InChI=1S/C8H14O2.C7H10F3NO/c1-6(2)8(10)7(3)4-5-9;1-4(2)11-6(12)5(3)7(8,9)10/h6,9H,3-5H2,1-2H3;4H,3H2,1-2H3,(H,11,12). The Morgan fingerprint density at radius 1 is 1.14 bits per heavy atom. The molecule has 0 heterocycles. The number of carbonyl (C=O) groups excluding carboxylic acids is 2. The van der Waals surface area contributed by atoms with Crippen LogP contribution in [0.15, 0.2) is 24.3 Å². The minimum absolute atomic E-state index is 0.000880. The highest BCUT2D eigenvalue weighted by Gasteiger charge is 2.36. The van der Waals surface area contributed by atoms with Crippen molar-refractivity contribution in [1.82, 2.24) is 5.32 Å². The molecule has 0 fully saturated rings. The fraction of sp³-hybridized carbons (Fsp3) is 0.600. The summed E-state index contributed by atoms with van der Waals surface area (Å²) in [7, 11) is 0. The van der Waals surface area contributed by atoms with E-state index in [1.807, 2.05) is 13.8 Å². The Morgan fingerprint density at radius 2 is 1.59 bits per heavy atom. The van der Waals surface area contributed by atoms with Crippen LogP contribution in [0.1, 0.15) is 34.1 Å². The molecule has 0 unspecified atom stereocenters. The maximum Gasteiger partial charge on any atom is 0.421 e. The third kappa shape index (κ3) is 10.1. The Hall–Kier alpha value is -1.63. The van der Waals surface area contributed by atoms with Crippen molar-refractivity contribution in [3.8, 4) is 0 Å². The zero-order valence-corrected chi connectivity index (χ0v) is 13.4. The van der Waals surface area contributed by atoms with Crippen molar-refractivity contribution in [2.24, 2.45) is 5.92 Å². The lowest BCUT2D eigenvalue weighted by Crippen LogP contribution is -2.35. The second-order valence-electron chi connectivity index (χ2n) is 5.20. The predicted molar refractivity (Wildman–Crippen MR) is 79.2 cm³/mol. The van der Waals surface area contributed by atoms with Gasteiger partial charge in [0.2, 0.25) is 0 Å². The highest BCUT2D eigenvalue weighted by molar-refractivity contribution is 5.96. The molecule has 0 aromatic carbocycles. The first kappa shape index (κ1) is 22.6. The van der Waals surface area contributed by atoms with E-state index in [0.717, 1.165) is 0 Å². The summed E-state index contributed by atoms with van der Waals surface area (Å²) in [6.45, 7) is 13.0. The molecule has 22 heavy (non-hydrogen) atoms. The Morgan fingerprint density at radius 3 is 1.86 bits per heavy atom. The average Bonchev–Trinajstić information content (AvgIpc) is 2.35. The van der Waals surface area contributed by atoms with Gasteiger partial charge in [0.25, 0.3) is 5.91 Å². The van der Waals surface area contributed by atoms with Crippen LogP contribution in [-0.4, -0.2) is 35.6 Å². The Labute approximate surface area is 129 Å². The minimum Gasteiger partial charge on any atom is -0.396 e. The van der Waals surface area contributed by atoms with Crippen molar-refractivity contribution >= 4 is 11.7 Å². The van der Waals surface area contributed by atoms with Gasteiger partial charge in [-0.1, -0.05) is 27.0 Å². The van der Waals surface area contributed by atoms with Crippen LogP contribution >= 0.6 is 0 Å². The molecule has 0 aliphatic heterocycles. The minimum atomic E-state index is -4.64. The molecule has 0 aromatic heterocycles. The molecular weight excluding hydrogens is 299 g/mol. The number of aliphatic hydroxyl groups excluding tert-OH is 1. The van der Waals surface area contributed by atoms with Gasteiger partial charge in [-0.25, -0.2) is 0 Å². The lowest BCUT2D eigenvalue weighted by molar-refractivity contribution is -0.131. The zero-order chi connectivity index (χ0) is 18.1. The summed E-state index contributed by atoms with van der Waals surface area (Å²) in [4.78, 5) is 21.7. The van der Waals surface area contributed by atoms with E-state index >= 15 is 0 Å². The van der Waals surface area contributed by atoms with E-state index in [2.05, 4.69) is 18.5 Å². The van der Waals surface area contributed by atoms with Crippen LogP contribution in [0.5, 0.6) is 0 Å². The summed E-state index contributed by atoms with van der Waals surface area (Å²) in [5, 5.41) is 10.5. The van der Waals surface area contributed by atoms with E-state index in [1.54, 1.807) is 13.8 Å². The summed E-state index contributed by atoms with van der Waals surface area (Å²) in [5.74, 6) is -1.12. The molecule has 0 atom stereocenters. The molecule has 0 bridgehead atoms. The summed E-state index contributed by atoms with van der Waals surface area (Å²) < 4.78 is 35.4. The maximum atomic E-state index is 11.8. The van der Waals surface area contributed by atoms with Gasteiger partial charge >= 0.3 is 6.18 Å². The number of Topliss-reactive ketones (excluding diaryl/α,β-unsaturated/α-hetero) is 1. The lowest BCUT2D eigenvalue weighted by atomic mass is 10.0. The van der Waals surface area contributed by atoms with Crippen molar-refractivity contribution < 1.29 is 27.9 Å². The van der Waals surface area contributed by atoms with E-state index in [4.69, 9.17) is 5.11 Å². The first-order valence-corrected chi connectivity index (χ1v) is 6.74. The molecule has 4 nitrogen and oxygen atoms in total. The lowest BCUT2D eigenvalue weighted by Gasteiger charge is -2.12. The van der Waals surface area contributed by atoms with Gasteiger partial charge in [-0.15, -0.1) is 0 Å². The number of rotatable bonds is 6. The van der Waals surface area contributed by atoms with Crippen molar-refractivity contribution in [2.45, 2.75) is 46.3 Å². The number of amides is 1. The first-order chi connectivity index (χ1) is 9.84. The van der Waals surface area contributed by atoms with E-state index in [1.165, 1.54) is 0 Å². The van der Waals surface area contributed by atoms with Crippen LogP contribution in [0.25, 0.3) is 0 Å². The molecule has 0 saturated carbocycles. The Bertz CT molecular complexity index is 413. The summed E-state index contributed by atoms with van der Waals surface area (Å²) in [6.07, 6.45) is -4.24. The van der Waals surface area contributed by atoms with Gasteiger partial charge in [-0.05, 0) is 25.8 Å². The van der Waals surface area contributed by atoms with Gasteiger partial charge in [0.15, 0.2) is 5.78 Å². The molecule has 7 heteroatoms. The average molecular weight is 323 g/mol. The van der Waals surface area contributed by atoms with Crippen LogP contribution in [0.3, 0.4) is 0 Å². The molecule has 0 aliphatic rings. The summed E-state index contributed by atoms with van der Waals surface area (Å²) in [5.41, 5.74) is -0.839. The fourth-order valence-corrected chi connectivity index (χ4v) is 1.14. The maximum absolute atomic E-state index is 11.8. The van der Waals surface area contributed by atoms with Gasteiger partial charge in [-0.3, -0.25) is 9.59 Å². The van der Waals surface area contributed by atoms with Gasteiger partial charge < -0.3 is 10.4 Å². The van der Waals surface area contributed by atoms with Crippen LogP contribution in [0, 0.1) is 5.92 Å². The third-order valence-corrected chi connectivity index (χ3v) is 2.32. The van der Waals surface area contributed by atoms with Gasteiger partial charge in [0, 0.05) is 18.6 Å². The molecule has 0 aliphatic carbocycles. The molecule has 0 aromatic rings. The van der Waals surface area contributed by atoms with Crippen LogP contribution < -0.4 is 5.32 Å².